The van der Waals surface area contributed by atoms with Crippen molar-refractivity contribution >= 4 is 17.5 Å². The Labute approximate surface area is 178 Å². The molecule has 1 N–H and O–H groups in total. The van der Waals surface area contributed by atoms with E-state index >= 15 is 0 Å². The molecule has 5 nitrogen and oxygen atoms in total. The van der Waals surface area contributed by atoms with Crippen molar-refractivity contribution in [3.63, 3.8) is 0 Å². The molecule has 1 atom stereocenters. The Morgan fingerprint density at radius 3 is 2.33 bits per heavy atom. The molecule has 1 saturated heterocycles. The fraction of sp³-hybridized carbons (Fsp3) is 0.440. The molecule has 2 aromatic carbocycles. The number of nitrogens with zero attached hydrogens (tertiary/aromatic N) is 1. The molecule has 1 aliphatic heterocycles. The zero-order valence-corrected chi connectivity index (χ0v) is 17.6. The van der Waals surface area contributed by atoms with Crippen LogP contribution >= 0.6 is 0 Å². The molecule has 30 heavy (non-hydrogen) atoms. The third kappa shape index (κ3) is 5.48. The Hall–Kier alpha value is -2.66. The molecule has 5 heteroatoms. The van der Waals surface area contributed by atoms with Gasteiger partial charge >= 0.3 is 0 Å². The van der Waals surface area contributed by atoms with Crippen molar-refractivity contribution in [2.75, 3.05) is 18.1 Å². The Morgan fingerprint density at radius 2 is 1.70 bits per heavy atom. The van der Waals surface area contributed by atoms with E-state index in [9.17, 15) is 9.59 Å². The largest absolute Gasteiger partial charge is 0.376 e. The molecule has 2 aliphatic rings. The number of benzene rings is 2. The summed E-state index contributed by atoms with van der Waals surface area (Å²) in [5.41, 5.74) is 4.15. The second-order valence-corrected chi connectivity index (χ2v) is 8.47. The number of ether oxygens (including phenoxy) is 1. The summed E-state index contributed by atoms with van der Waals surface area (Å²) in [6.07, 6.45) is 4.53. The summed E-state index contributed by atoms with van der Waals surface area (Å²) in [5, 5.41) is 2.96. The van der Waals surface area contributed by atoms with Crippen LogP contribution in [0.5, 0.6) is 0 Å². The van der Waals surface area contributed by atoms with Gasteiger partial charge in [-0.2, -0.15) is 0 Å². The van der Waals surface area contributed by atoms with Gasteiger partial charge in [0, 0.05) is 24.8 Å². The minimum atomic E-state index is 0.00354. The summed E-state index contributed by atoms with van der Waals surface area (Å²) in [6, 6.07) is 16.1. The van der Waals surface area contributed by atoms with Gasteiger partial charge in [0.1, 0.15) is 0 Å². The number of amides is 2. The Bertz CT molecular complexity index is 866. The first-order chi connectivity index (χ1) is 14.6. The lowest BCUT2D eigenvalue weighted by molar-refractivity contribution is -0.121. The van der Waals surface area contributed by atoms with Crippen molar-refractivity contribution in [1.29, 1.82) is 0 Å². The van der Waals surface area contributed by atoms with Crippen LogP contribution < -0.4 is 10.2 Å². The molecular formula is C25H30N2O3. The topological polar surface area (TPSA) is 58.6 Å². The minimum Gasteiger partial charge on any atom is -0.376 e. The Morgan fingerprint density at radius 1 is 1.00 bits per heavy atom. The normalized spacial score (nSPS) is 18.2. The predicted octanol–water partition coefficient (Wildman–Crippen LogP) is 3.78. The van der Waals surface area contributed by atoms with Gasteiger partial charge in [-0.05, 0) is 55.9 Å². The van der Waals surface area contributed by atoms with Crippen LogP contribution in [0.15, 0.2) is 48.5 Å². The average molecular weight is 407 g/mol. The Kier molecular flexibility index (Phi) is 6.48. The second kappa shape index (κ2) is 9.43. The molecule has 1 unspecified atom stereocenters. The zero-order chi connectivity index (χ0) is 20.9. The van der Waals surface area contributed by atoms with Gasteiger partial charge in [-0.1, -0.05) is 42.0 Å². The molecule has 158 valence electrons. The van der Waals surface area contributed by atoms with Crippen LogP contribution in [0, 0.1) is 12.8 Å². The maximum Gasteiger partial charge on any atom is 0.230 e. The first kappa shape index (κ1) is 20.6. The van der Waals surface area contributed by atoms with Gasteiger partial charge in [0.05, 0.1) is 19.1 Å². The summed E-state index contributed by atoms with van der Waals surface area (Å²) < 4.78 is 5.55. The van der Waals surface area contributed by atoms with E-state index in [1.807, 2.05) is 29.2 Å². The molecule has 0 spiro atoms. The van der Waals surface area contributed by atoms with Crippen LogP contribution in [0.25, 0.3) is 0 Å². The van der Waals surface area contributed by atoms with Crippen LogP contribution in [0.4, 0.5) is 5.69 Å². The van der Waals surface area contributed by atoms with Gasteiger partial charge in [-0.25, -0.2) is 0 Å². The maximum absolute atomic E-state index is 12.9. The van der Waals surface area contributed by atoms with Crippen molar-refractivity contribution in [3.8, 4) is 0 Å². The number of aryl methyl sites for hydroxylation is 1. The first-order valence-electron chi connectivity index (χ1n) is 10.9. The molecule has 1 heterocycles. The van der Waals surface area contributed by atoms with Crippen LogP contribution in [-0.4, -0.2) is 31.1 Å². The molecule has 4 rings (SSSR count). The van der Waals surface area contributed by atoms with Gasteiger partial charge in [-0.15, -0.1) is 0 Å². The van der Waals surface area contributed by atoms with Crippen LogP contribution in [0.3, 0.4) is 0 Å². The van der Waals surface area contributed by atoms with Gasteiger partial charge < -0.3 is 15.0 Å². The third-order valence-electron chi connectivity index (χ3n) is 5.82. The van der Waals surface area contributed by atoms with E-state index in [1.54, 1.807) is 0 Å². The molecular weight excluding hydrogens is 376 g/mol. The molecule has 2 fully saturated rings. The highest BCUT2D eigenvalue weighted by Crippen LogP contribution is 2.33. The van der Waals surface area contributed by atoms with Crippen LogP contribution in [0.1, 0.15) is 42.4 Å². The summed E-state index contributed by atoms with van der Waals surface area (Å²) >= 11 is 0. The molecule has 0 aromatic heterocycles. The third-order valence-corrected chi connectivity index (χ3v) is 5.82. The van der Waals surface area contributed by atoms with E-state index in [0.29, 0.717) is 19.5 Å². The highest BCUT2D eigenvalue weighted by atomic mass is 16.5. The molecule has 2 amide bonds. The Balaban J connectivity index is 1.39. The van der Waals surface area contributed by atoms with Crippen molar-refractivity contribution < 1.29 is 14.3 Å². The summed E-state index contributed by atoms with van der Waals surface area (Å²) in [6.45, 7) is 4.00. The number of hydrogen-bond acceptors (Lipinski definition) is 3. The number of nitrogens with one attached hydrogen (secondary N) is 1. The average Bonchev–Trinajstić information content (AvgIpc) is 3.48. The molecule has 1 aliphatic carbocycles. The highest BCUT2D eigenvalue weighted by Gasteiger charge is 2.34. The minimum absolute atomic E-state index is 0.00354. The van der Waals surface area contributed by atoms with Gasteiger partial charge in [0.2, 0.25) is 11.8 Å². The van der Waals surface area contributed by atoms with Crippen LogP contribution in [-0.2, 0) is 27.3 Å². The quantitative estimate of drug-likeness (QED) is 0.726. The SMILES string of the molecule is Cc1ccc(CN(C(=O)C2CC2)c2ccc(CC(=O)NCC3CCCO3)cc2)cc1. The van der Waals surface area contributed by atoms with Gasteiger partial charge in [-0.3, -0.25) is 9.59 Å². The number of carbonyl (C=O) groups is 2. The number of carbonyl (C=O) groups excluding carboxylic acids is 2. The predicted molar refractivity (Wildman–Crippen MR) is 117 cm³/mol. The molecule has 2 aromatic rings. The van der Waals surface area contributed by atoms with E-state index in [1.165, 1.54) is 5.56 Å². The van der Waals surface area contributed by atoms with E-state index in [-0.39, 0.29) is 23.8 Å². The van der Waals surface area contributed by atoms with E-state index in [2.05, 4.69) is 36.5 Å². The van der Waals surface area contributed by atoms with E-state index in [0.717, 1.165) is 49.1 Å². The number of anilines is 1. The summed E-state index contributed by atoms with van der Waals surface area (Å²) in [4.78, 5) is 27.0. The fourth-order valence-electron chi connectivity index (χ4n) is 3.80. The lowest BCUT2D eigenvalue weighted by Gasteiger charge is -2.23. The van der Waals surface area contributed by atoms with Gasteiger partial charge in [0.25, 0.3) is 0 Å². The molecule has 1 saturated carbocycles. The summed E-state index contributed by atoms with van der Waals surface area (Å²) in [5.74, 6) is 0.347. The second-order valence-electron chi connectivity index (χ2n) is 8.47. The lowest BCUT2D eigenvalue weighted by atomic mass is 10.1. The molecule has 0 bridgehead atoms. The monoisotopic (exact) mass is 406 g/mol. The standard InChI is InChI=1S/C25H30N2O3/c1-18-4-6-20(7-5-18)17-27(25(29)21-10-11-21)22-12-8-19(9-13-22)15-24(28)26-16-23-3-2-14-30-23/h4-9,12-13,21,23H,2-3,10-11,14-17H2,1H3,(H,26,28). The van der Waals surface area contributed by atoms with E-state index in [4.69, 9.17) is 4.74 Å². The van der Waals surface area contributed by atoms with Crippen molar-refractivity contribution in [2.24, 2.45) is 5.92 Å². The smallest absolute Gasteiger partial charge is 0.230 e. The number of hydrogen-bond donors (Lipinski definition) is 1. The molecule has 0 radical (unpaired) electrons. The number of rotatable bonds is 8. The van der Waals surface area contributed by atoms with Crippen molar-refractivity contribution in [3.05, 3.63) is 65.2 Å². The van der Waals surface area contributed by atoms with E-state index < -0.39 is 0 Å². The summed E-state index contributed by atoms with van der Waals surface area (Å²) in [7, 11) is 0. The highest BCUT2D eigenvalue weighted by molar-refractivity contribution is 5.96. The van der Waals surface area contributed by atoms with Crippen molar-refractivity contribution in [2.45, 2.75) is 51.7 Å². The van der Waals surface area contributed by atoms with Crippen LogP contribution in [0.2, 0.25) is 0 Å². The maximum atomic E-state index is 12.9. The lowest BCUT2D eigenvalue weighted by Crippen LogP contribution is -2.33. The fourth-order valence-corrected chi connectivity index (χ4v) is 3.80. The zero-order valence-electron chi connectivity index (χ0n) is 17.6. The van der Waals surface area contributed by atoms with Gasteiger partial charge in [0.15, 0.2) is 0 Å². The first-order valence-corrected chi connectivity index (χ1v) is 10.9. The van der Waals surface area contributed by atoms with Crippen molar-refractivity contribution in [1.82, 2.24) is 5.32 Å².